The Labute approximate surface area is 157 Å². The third-order valence-corrected chi connectivity index (χ3v) is 6.41. The van der Waals surface area contributed by atoms with Crippen molar-refractivity contribution in [1.82, 2.24) is 4.98 Å². The van der Waals surface area contributed by atoms with Crippen molar-refractivity contribution in [2.24, 2.45) is 0 Å². The number of anilines is 1. The van der Waals surface area contributed by atoms with Crippen LogP contribution < -0.4 is 5.32 Å². The van der Waals surface area contributed by atoms with Crippen molar-refractivity contribution < 1.29 is 30.8 Å². The molecule has 0 aliphatic heterocycles. The van der Waals surface area contributed by atoms with E-state index in [0.717, 1.165) is 38.1 Å². The monoisotopic (exact) mass is 424 g/mol. The second-order valence-corrected chi connectivity index (χ2v) is 8.88. The predicted octanol–water partition coefficient (Wildman–Crippen LogP) is 4.08. The van der Waals surface area contributed by atoms with E-state index in [1.165, 1.54) is 0 Å². The first-order valence-electron chi connectivity index (χ1n) is 7.31. The number of hydrogen-bond acceptors (Lipinski definition) is 4. The van der Waals surface area contributed by atoms with Crippen LogP contribution in [0.1, 0.15) is 19.4 Å². The van der Waals surface area contributed by atoms with Gasteiger partial charge in [0, 0.05) is 11.2 Å². The first-order chi connectivity index (χ1) is 12.3. The third kappa shape index (κ3) is 4.22. The molecule has 0 aliphatic carbocycles. The molecule has 1 heterocycles. The summed E-state index contributed by atoms with van der Waals surface area (Å²) in [7, 11) is -4.49. The van der Waals surface area contributed by atoms with Crippen molar-refractivity contribution >= 4 is 33.2 Å². The zero-order valence-corrected chi connectivity index (χ0v) is 15.5. The van der Waals surface area contributed by atoms with E-state index < -0.39 is 42.9 Å². The SMILES string of the molecule is CC(C)(C(=O)Nc1ccc(C(F)(F)F)cn1)S(=O)(=O)c1ccc(Cl)cc1F. The Bertz CT molecular complexity index is 974. The third-order valence-electron chi connectivity index (χ3n) is 3.73. The Morgan fingerprint density at radius 2 is 1.78 bits per heavy atom. The number of carbonyl (C=O) groups is 1. The Morgan fingerprint density at radius 1 is 1.15 bits per heavy atom. The lowest BCUT2D eigenvalue weighted by atomic mass is 10.2. The maximum atomic E-state index is 14.0. The molecule has 1 aromatic heterocycles. The molecule has 0 atom stereocenters. The molecule has 5 nitrogen and oxygen atoms in total. The summed E-state index contributed by atoms with van der Waals surface area (Å²) in [5, 5.41) is 2.10. The molecule has 0 radical (unpaired) electrons. The highest BCUT2D eigenvalue weighted by Crippen LogP contribution is 2.31. The lowest BCUT2D eigenvalue weighted by Gasteiger charge is -2.24. The summed E-state index contributed by atoms with van der Waals surface area (Å²) in [6.45, 7) is 2.07. The Hall–Kier alpha value is -2.20. The molecule has 0 spiro atoms. The van der Waals surface area contributed by atoms with E-state index in [0.29, 0.717) is 12.3 Å². The number of carbonyl (C=O) groups excluding carboxylic acids is 1. The lowest BCUT2D eigenvalue weighted by Crippen LogP contribution is -2.44. The number of pyridine rings is 1. The first kappa shape index (κ1) is 21.1. The van der Waals surface area contributed by atoms with E-state index in [-0.39, 0.29) is 10.8 Å². The van der Waals surface area contributed by atoms with Crippen molar-refractivity contribution in [2.45, 2.75) is 29.7 Å². The molecule has 2 aromatic rings. The van der Waals surface area contributed by atoms with Gasteiger partial charge in [0.05, 0.1) is 5.56 Å². The number of nitrogens with zero attached hydrogens (tertiary/aromatic N) is 1. The number of alkyl halides is 3. The highest BCUT2D eigenvalue weighted by atomic mass is 35.5. The summed E-state index contributed by atoms with van der Waals surface area (Å²) in [4.78, 5) is 15.1. The number of sulfone groups is 1. The number of hydrogen-bond donors (Lipinski definition) is 1. The number of rotatable bonds is 4. The van der Waals surface area contributed by atoms with Gasteiger partial charge in [0.1, 0.15) is 21.3 Å². The summed E-state index contributed by atoms with van der Waals surface area (Å²) in [6, 6.07) is 4.44. The van der Waals surface area contributed by atoms with Crippen molar-refractivity contribution in [3.63, 3.8) is 0 Å². The van der Waals surface area contributed by atoms with Gasteiger partial charge in [0.25, 0.3) is 0 Å². The average Bonchev–Trinajstić information content (AvgIpc) is 2.53. The fraction of sp³-hybridized carbons (Fsp3) is 0.250. The Kier molecular flexibility index (Phi) is 5.53. The van der Waals surface area contributed by atoms with Crippen LogP contribution in [-0.2, 0) is 20.8 Å². The number of halogens is 5. The molecule has 0 unspecified atom stereocenters. The van der Waals surface area contributed by atoms with Crippen LogP contribution in [0.15, 0.2) is 41.4 Å². The molecular weight excluding hydrogens is 412 g/mol. The highest BCUT2D eigenvalue weighted by Gasteiger charge is 2.44. The van der Waals surface area contributed by atoms with Gasteiger partial charge >= 0.3 is 6.18 Å². The molecule has 27 heavy (non-hydrogen) atoms. The molecule has 0 saturated carbocycles. The van der Waals surface area contributed by atoms with Gasteiger partial charge in [-0.1, -0.05) is 11.6 Å². The van der Waals surface area contributed by atoms with E-state index in [4.69, 9.17) is 11.6 Å². The van der Waals surface area contributed by atoms with Gasteiger partial charge < -0.3 is 5.32 Å². The predicted molar refractivity (Wildman–Crippen MR) is 90.5 cm³/mol. The fourth-order valence-corrected chi connectivity index (χ4v) is 3.56. The summed E-state index contributed by atoms with van der Waals surface area (Å²) in [6.07, 6.45) is -4.11. The van der Waals surface area contributed by atoms with Gasteiger partial charge in [-0.2, -0.15) is 13.2 Å². The molecule has 146 valence electrons. The molecular formula is C16H13ClF4N2O3S. The number of aromatic nitrogens is 1. The highest BCUT2D eigenvalue weighted by molar-refractivity contribution is 7.93. The van der Waals surface area contributed by atoms with Crippen LogP contribution >= 0.6 is 11.6 Å². The molecule has 1 N–H and O–H groups in total. The van der Waals surface area contributed by atoms with Crippen molar-refractivity contribution in [3.8, 4) is 0 Å². The van der Waals surface area contributed by atoms with Gasteiger partial charge in [-0.15, -0.1) is 0 Å². The maximum Gasteiger partial charge on any atom is 0.417 e. The van der Waals surface area contributed by atoms with Gasteiger partial charge in [-0.3, -0.25) is 4.79 Å². The van der Waals surface area contributed by atoms with E-state index in [9.17, 15) is 30.8 Å². The van der Waals surface area contributed by atoms with Crippen molar-refractivity contribution in [1.29, 1.82) is 0 Å². The molecule has 0 aliphatic rings. The Balaban J connectivity index is 2.31. The number of amides is 1. The molecule has 1 amide bonds. The number of nitrogens with one attached hydrogen (secondary N) is 1. The summed E-state index contributed by atoms with van der Waals surface area (Å²) in [5.41, 5.74) is -1.03. The molecule has 11 heteroatoms. The summed E-state index contributed by atoms with van der Waals surface area (Å²) < 4.78 is 74.8. The van der Waals surface area contributed by atoms with Gasteiger partial charge in [-0.05, 0) is 44.2 Å². The van der Waals surface area contributed by atoms with Crippen molar-refractivity contribution in [2.75, 3.05) is 5.32 Å². The zero-order chi connectivity index (χ0) is 20.6. The molecule has 0 saturated heterocycles. The van der Waals surface area contributed by atoms with E-state index in [1.807, 2.05) is 0 Å². The van der Waals surface area contributed by atoms with Crippen LogP contribution in [0.25, 0.3) is 0 Å². The largest absolute Gasteiger partial charge is 0.417 e. The normalized spacial score (nSPS) is 12.7. The topological polar surface area (TPSA) is 76.1 Å². The second-order valence-electron chi connectivity index (χ2n) is 5.97. The molecule has 2 rings (SSSR count). The van der Waals surface area contributed by atoms with Crippen molar-refractivity contribution in [3.05, 3.63) is 52.9 Å². The number of benzene rings is 1. The van der Waals surface area contributed by atoms with Crippen LogP contribution in [-0.4, -0.2) is 24.1 Å². The molecule has 0 bridgehead atoms. The minimum absolute atomic E-state index is 0.0253. The maximum absolute atomic E-state index is 14.0. The lowest BCUT2D eigenvalue weighted by molar-refractivity contribution is -0.137. The molecule has 0 fully saturated rings. The van der Waals surface area contributed by atoms with E-state index in [2.05, 4.69) is 10.3 Å². The van der Waals surface area contributed by atoms with Gasteiger partial charge in [0.15, 0.2) is 9.84 Å². The second kappa shape index (κ2) is 7.08. The van der Waals surface area contributed by atoms with Crippen LogP contribution in [0, 0.1) is 5.82 Å². The fourth-order valence-electron chi connectivity index (χ4n) is 1.99. The zero-order valence-electron chi connectivity index (χ0n) is 13.9. The summed E-state index contributed by atoms with van der Waals surface area (Å²) in [5.74, 6) is -2.51. The minimum Gasteiger partial charge on any atom is -0.309 e. The van der Waals surface area contributed by atoms with E-state index >= 15 is 0 Å². The van der Waals surface area contributed by atoms with Gasteiger partial charge in [-0.25, -0.2) is 17.8 Å². The quantitative estimate of drug-likeness (QED) is 0.750. The smallest absolute Gasteiger partial charge is 0.309 e. The minimum atomic E-state index is -4.61. The molecule has 1 aromatic carbocycles. The average molecular weight is 425 g/mol. The van der Waals surface area contributed by atoms with Crippen LogP contribution in [0.3, 0.4) is 0 Å². The van der Waals surface area contributed by atoms with Crippen LogP contribution in [0.4, 0.5) is 23.4 Å². The Morgan fingerprint density at radius 3 is 2.26 bits per heavy atom. The van der Waals surface area contributed by atoms with Crippen LogP contribution in [0.2, 0.25) is 5.02 Å². The van der Waals surface area contributed by atoms with Crippen LogP contribution in [0.5, 0.6) is 0 Å². The summed E-state index contributed by atoms with van der Waals surface area (Å²) >= 11 is 5.59. The van der Waals surface area contributed by atoms with Gasteiger partial charge in [0.2, 0.25) is 5.91 Å². The first-order valence-corrected chi connectivity index (χ1v) is 9.17. The van der Waals surface area contributed by atoms with E-state index in [1.54, 1.807) is 0 Å². The standard InChI is InChI=1S/C16H13ClF4N2O3S/c1-15(2,27(25,26)12-5-4-10(17)7-11(12)18)14(24)23-13-6-3-9(8-22-13)16(19,20)21/h3-8H,1-2H3,(H,22,23,24).